The molecule has 3 heteroatoms. The zero-order chi connectivity index (χ0) is 13.9. The molecule has 1 aliphatic heterocycles. The van der Waals surface area contributed by atoms with Gasteiger partial charge in [-0.2, -0.15) is 0 Å². The Kier molecular flexibility index (Phi) is 3.70. The lowest BCUT2D eigenvalue weighted by Gasteiger charge is -2.24. The van der Waals surface area contributed by atoms with Gasteiger partial charge in [0.2, 0.25) is 0 Å². The van der Waals surface area contributed by atoms with Crippen molar-refractivity contribution < 1.29 is 4.74 Å². The fraction of sp³-hybridized carbons (Fsp3) is 0.353. The first-order valence-electron chi connectivity index (χ1n) is 7.17. The highest BCUT2D eigenvalue weighted by Crippen LogP contribution is 2.34. The van der Waals surface area contributed by atoms with Gasteiger partial charge in [-0.25, -0.2) is 0 Å². The molecule has 2 heterocycles. The molecule has 0 spiro atoms. The normalized spacial score (nSPS) is 18.4. The molecular formula is C17H20N2O. The third-order valence-corrected chi connectivity index (χ3v) is 3.72. The topological polar surface area (TPSA) is 34.2 Å². The molecule has 0 saturated carbocycles. The van der Waals surface area contributed by atoms with Crippen molar-refractivity contribution in [1.82, 2.24) is 10.3 Å². The van der Waals surface area contributed by atoms with Crippen LogP contribution in [0.3, 0.4) is 0 Å². The second-order valence-corrected chi connectivity index (χ2v) is 5.30. The number of likely N-dealkylation sites (N-methyl/N-ethyl adjacent to an activating group) is 1. The van der Waals surface area contributed by atoms with Crippen LogP contribution in [0.25, 0.3) is 0 Å². The number of nitrogens with one attached hydrogen (secondary N) is 1. The van der Waals surface area contributed by atoms with Crippen LogP contribution in [0.5, 0.6) is 5.75 Å². The molecule has 1 aromatic heterocycles. The van der Waals surface area contributed by atoms with Crippen molar-refractivity contribution in [2.75, 3.05) is 6.54 Å². The van der Waals surface area contributed by atoms with Gasteiger partial charge in [0.1, 0.15) is 11.9 Å². The summed E-state index contributed by atoms with van der Waals surface area (Å²) in [7, 11) is 0. The van der Waals surface area contributed by atoms with E-state index >= 15 is 0 Å². The van der Waals surface area contributed by atoms with Crippen LogP contribution in [0.1, 0.15) is 29.7 Å². The standard InChI is InChI=1S/C17H20N2O/c1-3-19-17(14-8-12(2)10-18-11-14)16-9-13-6-4-5-7-15(13)20-16/h4-8,10-11,16-17,19H,3,9H2,1-2H3. The number of hydrogen-bond donors (Lipinski definition) is 1. The van der Waals surface area contributed by atoms with Crippen LogP contribution in [0.4, 0.5) is 0 Å². The van der Waals surface area contributed by atoms with Gasteiger partial charge >= 0.3 is 0 Å². The Morgan fingerprint density at radius 1 is 1.35 bits per heavy atom. The lowest BCUT2D eigenvalue weighted by atomic mass is 9.98. The van der Waals surface area contributed by atoms with E-state index in [0.29, 0.717) is 0 Å². The molecule has 0 radical (unpaired) electrons. The van der Waals surface area contributed by atoms with Gasteiger partial charge in [0, 0.05) is 18.8 Å². The monoisotopic (exact) mass is 268 g/mol. The Hall–Kier alpha value is -1.87. The van der Waals surface area contributed by atoms with Gasteiger partial charge in [-0.15, -0.1) is 0 Å². The van der Waals surface area contributed by atoms with Crippen LogP contribution in [0, 0.1) is 6.92 Å². The average molecular weight is 268 g/mol. The van der Waals surface area contributed by atoms with Gasteiger partial charge in [-0.1, -0.05) is 31.2 Å². The number of pyridine rings is 1. The quantitative estimate of drug-likeness (QED) is 0.925. The SMILES string of the molecule is CCNC(c1cncc(C)c1)C1Cc2ccccc2O1. The van der Waals surface area contributed by atoms with Crippen molar-refractivity contribution in [1.29, 1.82) is 0 Å². The lowest BCUT2D eigenvalue weighted by Crippen LogP contribution is -2.35. The summed E-state index contributed by atoms with van der Waals surface area (Å²) in [6, 6.07) is 10.7. The first kappa shape index (κ1) is 13.1. The summed E-state index contributed by atoms with van der Waals surface area (Å²) in [4.78, 5) is 4.31. The zero-order valence-corrected chi connectivity index (χ0v) is 12.0. The Balaban J connectivity index is 1.86. The van der Waals surface area contributed by atoms with Crippen molar-refractivity contribution >= 4 is 0 Å². The summed E-state index contributed by atoms with van der Waals surface area (Å²) in [6.07, 6.45) is 4.90. The Morgan fingerprint density at radius 2 is 2.20 bits per heavy atom. The van der Waals surface area contributed by atoms with Gasteiger partial charge in [-0.05, 0) is 36.2 Å². The minimum absolute atomic E-state index is 0.135. The number of hydrogen-bond acceptors (Lipinski definition) is 3. The van der Waals surface area contributed by atoms with E-state index in [1.807, 2.05) is 24.5 Å². The highest BCUT2D eigenvalue weighted by Gasteiger charge is 2.30. The molecule has 2 atom stereocenters. The lowest BCUT2D eigenvalue weighted by molar-refractivity contribution is 0.179. The number of para-hydroxylation sites is 1. The van der Waals surface area contributed by atoms with E-state index < -0.39 is 0 Å². The van der Waals surface area contributed by atoms with Crippen LogP contribution >= 0.6 is 0 Å². The summed E-state index contributed by atoms with van der Waals surface area (Å²) in [6.45, 7) is 5.11. The minimum atomic E-state index is 0.135. The molecule has 2 unspecified atom stereocenters. The molecule has 0 saturated heterocycles. The third-order valence-electron chi connectivity index (χ3n) is 3.72. The zero-order valence-electron chi connectivity index (χ0n) is 12.0. The van der Waals surface area contributed by atoms with E-state index in [-0.39, 0.29) is 12.1 Å². The number of aromatic nitrogens is 1. The van der Waals surface area contributed by atoms with Gasteiger partial charge in [0.05, 0.1) is 6.04 Å². The van der Waals surface area contributed by atoms with Crippen molar-refractivity contribution in [2.45, 2.75) is 32.4 Å². The summed E-state index contributed by atoms with van der Waals surface area (Å²) in [5.74, 6) is 1.01. The first-order valence-corrected chi connectivity index (χ1v) is 7.17. The van der Waals surface area contributed by atoms with Crippen molar-refractivity contribution in [3.63, 3.8) is 0 Å². The number of aryl methyl sites for hydroxylation is 1. The van der Waals surface area contributed by atoms with Crippen LogP contribution in [-0.2, 0) is 6.42 Å². The van der Waals surface area contributed by atoms with Crippen LogP contribution < -0.4 is 10.1 Å². The molecule has 0 amide bonds. The minimum Gasteiger partial charge on any atom is -0.488 e. The highest BCUT2D eigenvalue weighted by molar-refractivity contribution is 5.38. The molecule has 3 rings (SSSR count). The molecule has 2 aromatic rings. The van der Waals surface area contributed by atoms with E-state index in [1.54, 1.807) is 0 Å². The summed E-state index contributed by atoms with van der Waals surface area (Å²) < 4.78 is 6.13. The van der Waals surface area contributed by atoms with Crippen molar-refractivity contribution in [3.05, 3.63) is 59.4 Å². The molecule has 1 N–H and O–H groups in total. The molecule has 0 aliphatic carbocycles. The molecule has 3 nitrogen and oxygen atoms in total. The molecular weight excluding hydrogens is 248 g/mol. The Morgan fingerprint density at radius 3 is 2.95 bits per heavy atom. The first-order chi connectivity index (χ1) is 9.78. The van der Waals surface area contributed by atoms with Crippen LogP contribution in [0.15, 0.2) is 42.7 Å². The fourth-order valence-electron chi connectivity index (χ4n) is 2.83. The van der Waals surface area contributed by atoms with Gasteiger partial charge in [0.15, 0.2) is 0 Å². The van der Waals surface area contributed by atoms with Gasteiger partial charge < -0.3 is 10.1 Å². The summed E-state index contributed by atoms with van der Waals surface area (Å²) in [5, 5.41) is 3.54. The van der Waals surface area contributed by atoms with Crippen LogP contribution in [0.2, 0.25) is 0 Å². The number of benzene rings is 1. The summed E-state index contributed by atoms with van der Waals surface area (Å²) >= 11 is 0. The molecule has 1 aromatic carbocycles. The highest BCUT2D eigenvalue weighted by atomic mass is 16.5. The largest absolute Gasteiger partial charge is 0.488 e. The molecule has 104 valence electrons. The Bertz CT molecular complexity index is 572. The van der Waals surface area contributed by atoms with Crippen LogP contribution in [-0.4, -0.2) is 17.6 Å². The Labute approximate surface area is 120 Å². The molecule has 0 bridgehead atoms. The van der Waals surface area contributed by atoms with E-state index in [0.717, 1.165) is 18.7 Å². The molecule has 20 heavy (non-hydrogen) atoms. The van der Waals surface area contributed by atoms with E-state index in [2.05, 4.69) is 42.3 Å². The molecule has 0 fully saturated rings. The fourth-order valence-corrected chi connectivity index (χ4v) is 2.83. The van der Waals surface area contributed by atoms with Crippen molar-refractivity contribution in [2.24, 2.45) is 0 Å². The predicted molar refractivity (Wildman–Crippen MR) is 80.0 cm³/mol. The van der Waals surface area contributed by atoms with E-state index in [1.165, 1.54) is 16.7 Å². The number of rotatable bonds is 4. The smallest absolute Gasteiger partial charge is 0.123 e. The number of fused-ring (bicyclic) bond motifs is 1. The maximum absolute atomic E-state index is 6.13. The summed E-state index contributed by atoms with van der Waals surface area (Å²) in [5.41, 5.74) is 3.67. The average Bonchev–Trinajstić information content (AvgIpc) is 2.88. The second-order valence-electron chi connectivity index (χ2n) is 5.30. The maximum atomic E-state index is 6.13. The van der Waals surface area contributed by atoms with Gasteiger partial charge in [-0.3, -0.25) is 4.98 Å². The van der Waals surface area contributed by atoms with E-state index in [4.69, 9.17) is 4.74 Å². The molecule has 1 aliphatic rings. The number of nitrogens with zero attached hydrogens (tertiary/aromatic N) is 1. The van der Waals surface area contributed by atoms with E-state index in [9.17, 15) is 0 Å². The van der Waals surface area contributed by atoms with Gasteiger partial charge in [0.25, 0.3) is 0 Å². The number of ether oxygens (including phenoxy) is 1. The third kappa shape index (κ3) is 2.54. The second kappa shape index (κ2) is 5.63. The maximum Gasteiger partial charge on any atom is 0.123 e. The van der Waals surface area contributed by atoms with Crippen molar-refractivity contribution in [3.8, 4) is 5.75 Å². The predicted octanol–water partition coefficient (Wildman–Crippen LogP) is 3.04.